The maximum atomic E-state index is 10.6. The molecule has 0 spiro atoms. The number of hydrogen-bond donors (Lipinski definition) is 1. The Labute approximate surface area is 109 Å². The highest BCUT2D eigenvalue weighted by Crippen LogP contribution is 2.38. The Kier molecular flexibility index (Phi) is 3.86. The lowest BCUT2D eigenvalue weighted by molar-refractivity contribution is -0.136. The van der Waals surface area contributed by atoms with Crippen LogP contribution >= 0.6 is 15.9 Å². The van der Waals surface area contributed by atoms with Crippen LogP contribution in [0.4, 0.5) is 0 Å². The number of rotatable bonds is 4. The summed E-state index contributed by atoms with van der Waals surface area (Å²) >= 11 is 3.59. The van der Waals surface area contributed by atoms with Gasteiger partial charge in [0.25, 0.3) is 0 Å². The molecule has 0 aliphatic heterocycles. The van der Waals surface area contributed by atoms with Crippen molar-refractivity contribution in [2.45, 2.75) is 44.4 Å². The molecule has 1 fully saturated rings. The number of aryl methyl sites for hydroxylation is 2. The molecule has 0 bridgehead atoms. The van der Waals surface area contributed by atoms with Crippen molar-refractivity contribution in [3.63, 3.8) is 0 Å². The molecule has 0 aromatic carbocycles. The van der Waals surface area contributed by atoms with E-state index in [-0.39, 0.29) is 6.42 Å². The van der Waals surface area contributed by atoms with Crippen LogP contribution in [0.15, 0.2) is 4.47 Å². The summed E-state index contributed by atoms with van der Waals surface area (Å²) in [6.45, 7) is 0. The lowest BCUT2D eigenvalue weighted by atomic mass is 10.0. The van der Waals surface area contributed by atoms with E-state index in [0.29, 0.717) is 12.3 Å². The van der Waals surface area contributed by atoms with E-state index in [9.17, 15) is 4.79 Å². The number of carbonyl (C=O) groups is 1. The van der Waals surface area contributed by atoms with E-state index in [1.165, 1.54) is 31.4 Å². The van der Waals surface area contributed by atoms with E-state index in [1.54, 1.807) is 0 Å². The van der Waals surface area contributed by atoms with Gasteiger partial charge in [0, 0.05) is 19.4 Å². The van der Waals surface area contributed by atoms with E-state index >= 15 is 0 Å². The van der Waals surface area contributed by atoms with E-state index in [1.807, 2.05) is 11.7 Å². The number of halogens is 1. The summed E-state index contributed by atoms with van der Waals surface area (Å²) in [7, 11) is 1.95. The minimum Gasteiger partial charge on any atom is -0.481 e. The highest BCUT2D eigenvalue weighted by atomic mass is 79.9. The average molecular weight is 301 g/mol. The van der Waals surface area contributed by atoms with Crippen molar-refractivity contribution in [2.75, 3.05) is 0 Å². The van der Waals surface area contributed by atoms with Crippen molar-refractivity contribution >= 4 is 21.9 Å². The van der Waals surface area contributed by atoms with Gasteiger partial charge in [-0.1, -0.05) is 12.8 Å². The molecular weight excluding hydrogens is 284 g/mol. The zero-order chi connectivity index (χ0) is 12.4. The van der Waals surface area contributed by atoms with Crippen LogP contribution in [0.1, 0.15) is 49.4 Å². The number of carboxylic acid groups (broad SMARTS) is 1. The van der Waals surface area contributed by atoms with Gasteiger partial charge >= 0.3 is 5.97 Å². The minimum atomic E-state index is -0.773. The molecule has 1 saturated carbocycles. The second-order valence-corrected chi connectivity index (χ2v) is 5.44. The molecule has 0 saturated heterocycles. The van der Waals surface area contributed by atoms with E-state index < -0.39 is 5.97 Å². The predicted molar refractivity (Wildman–Crippen MR) is 68.1 cm³/mol. The van der Waals surface area contributed by atoms with Gasteiger partial charge in [-0.2, -0.15) is 5.10 Å². The maximum absolute atomic E-state index is 10.6. The van der Waals surface area contributed by atoms with Crippen LogP contribution in [0, 0.1) is 0 Å². The number of carboxylic acids is 1. The smallest absolute Gasteiger partial charge is 0.303 e. The quantitative estimate of drug-likeness (QED) is 0.930. The molecule has 94 valence electrons. The van der Waals surface area contributed by atoms with Gasteiger partial charge in [-0.15, -0.1) is 0 Å². The van der Waals surface area contributed by atoms with Crippen molar-refractivity contribution in [3.8, 4) is 0 Å². The van der Waals surface area contributed by atoms with Crippen LogP contribution < -0.4 is 0 Å². The van der Waals surface area contributed by atoms with Crippen LogP contribution in [-0.4, -0.2) is 20.9 Å². The van der Waals surface area contributed by atoms with Crippen molar-refractivity contribution in [3.05, 3.63) is 15.9 Å². The number of aliphatic carboxylic acids is 1. The van der Waals surface area contributed by atoms with Crippen LogP contribution in [-0.2, 0) is 18.3 Å². The highest BCUT2D eigenvalue weighted by Gasteiger charge is 2.25. The van der Waals surface area contributed by atoms with Crippen LogP contribution in [0.25, 0.3) is 0 Å². The fourth-order valence-corrected chi connectivity index (χ4v) is 3.45. The predicted octanol–water partition coefficient (Wildman–Crippen LogP) is 2.86. The van der Waals surface area contributed by atoms with Crippen LogP contribution in [0.5, 0.6) is 0 Å². The molecule has 1 aliphatic carbocycles. The van der Waals surface area contributed by atoms with Gasteiger partial charge in [-0.3, -0.25) is 9.48 Å². The first kappa shape index (κ1) is 12.6. The fraction of sp³-hybridized carbons (Fsp3) is 0.667. The topological polar surface area (TPSA) is 55.1 Å². The van der Waals surface area contributed by atoms with E-state index in [0.717, 1.165) is 10.2 Å². The monoisotopic (exact) mass is 300 g/mol. The van der Waals surface area contributed by atoms with Crippen molar-refractivity contribution in [1.82, 2.24) is 9.78 Å². The molecule has 1 aliphatic rings. The Morgan fingerprint density at radius 3 is 2.76 bits per heavy atom. The minimum absolute atomic E-state index is 0.139. The van der Waals surface area contributed by atoms with Crippen molar-refractivity contribution < 1.29 is 9.90 Å². The first-order chi connectivity index (χ1) is 8.09. The Morgan fingerprint density at radius 2 is 2.18 bits per heavy atom. The molecule has 1 aromatic heterocycles. The Hall–Kier alpha value is -0.840. The molecule has 0 unspecified atom stereocenters. The summed E-state index contributed by atoms with van der Waals surface area (Å²) in [5.41, 5.74) is 2.11. The number of hydrogen-bond acceptors (Lipinski definition) is 2. The number of nitrogens with zero attached hydrogens (tertiary/aromatic N) is 2. The third-order valence-electron chi connectivity index (χ3n) is 3.42. The van der Waals surface area contributed by atoms with Gasteiger partial charge in [-0.25, -0.2) is 0 Å². The fourth-order valence-electron chi connectivity index (χ4n) is 2.60. The second-order valence-electron chi connectivity index (χ2n) is 4.64. The normalized spacial score (nSPS) is 16.6. The first-order valence-electron chi connectivity index (χ1n) is 6.02. The lowest BCUT2D eigenvalue weighted by Gasteiger charge is -2.09. The maximum Gasteiger partial charge on any atom is 0.303 e. The van der Waals surface area contributed by atoms with Gasteiger partial charge in [0.05, 0.1) is 22.3 Å². The van der Waals surface area contributed by atoms with Gasteiger partial charge in [0.1, 0.15) is 0 Å². The summed E-state index contributed by atoms with van der Waals surface area (Å²) in [6, 6.07) is 0. The van der Waals surface area contributed by atoms with Gasteiger partial charge in [-0.05, 0) is 28.8 Å². The summed E-state index contributed by atoms with van der Waals surface area (Å²) < 4.78 is 2.94. The van der Waals surface area contributed by atoms with Crippen LogP contribution in [0.3, 0.4) is 0 Å². The Balaban J connectivity index is 2.19. The summed E-state index contributed by atoms with van der Waals surface area (Å²) in [6.07, 6.45) is 5.64. The average Bonchev–Trinajstić information content (AvgIpc) is 2.84. The van der Waals surface area contributed by atoms with Gasteiger partial charge in [0.2, 0.25) is 0 Å². The van der Waals surface area contributed by atoms with E-state index in [4.69, 9.17) is 5.11 Å². The summed E-state index contributed by atoms with van der Waals surface area (Å²) in [5, 5.41) is 13.1. The second kappa shape index (κ2) is 5.21. The number of aromatic nitrogens is 2. The molecule has 1 heterocycles. The molecule has 17 heavy (non-hydrogen) atoms. The summed E-state index contributed by atoms with van der Waals surface area (Å²) in [4.78, 5) is 10.6. The zero-order valence-electron chi connectivity index (χ0n) is 9.95. The molecule has 2 rings (SSSR count). The molecule has 5 heteroatoms. The van der Waals surface area contributed by atoms with Crippen LogP contribution in [0.2, 0.25) is 0 Å². The lowest BCUT2D eigenvalue weighted by Crippen LogP contribution is -2.02. The largest absolute Gasteiger partial charge is 0.481 e. The van der Waals surface area contributed by atoms with Crippen molar-refractivity contribution in [2.24, 2.45) is 7.05 Å². The molecule has 4 nitrogen and oxygen atoms in total. The molecule has 0 amide bonds. The van der Waals surface area contributed by atoms with Gasteiger partial charge in [0.15, 0.2) is 0 Å². The molecular formula is C12H17BrN2O2. The SMILES string of the molecule is Cn1nc(CCC(=O)O)c(Br)c1C1CCCC1. The molecule has 1 N–H and O–H groups in total. The molecule has 0 atom stereocenters. The van der Waals surface area contributed by atoms with Gasteiger partial charge < -0.3 is 5.11 Å². The van der Waals surface area contributed by atoms with Crippen molar-refractivity contribution in [1.29, 1.82) is 0 Å². The summed E-state index contributed by atoms with van der Waals surface area (Å²) in [5.74, 6) is -0.189. The Bertz CT molecular complexity index is 422. The molecule has 1 aromatic rings. The first-order valence-corrected chi connectivity index (χ1v) is 6.82. The molecule has 0 radical (unpaired) electrons. The Morgan fingerprint density at radius 1 is 1.53 bits per heavy atom. The third-order valence-corrected chi connectivity index (χ3v) is 4.28. The third kappa shape index (κ3) is 2.70. The zero-order valence-corrected chi connectivity index (χ0v) is 11.5. The standard InChI is InChI=1S/C12H17BrN2O2/c1-15-12(8-4-2-3-5-8)11(13)9(14-15)6-7-10(16)17/h8H,2-7H2,1H3,(H,16,17). The highest BCUT2D eigenvalue weighted by molar-refractivity contribution is 9.10. The van der Waals surface area contributed by atoms with E-state index in [2.05, 4.69) is 21.0 Å².